The third kappa shape index (κ3) is 4.40. The molecule has 0 bridgehead atoms. The molecule has 2 heterocycles. The maximum absolute atomic E-state index is 12.7. The highest BCUT2D eigenvalue weighted by Gasteiger charge is 2.23. The summed E-state index contributed by atoms with van der Waals surface area (Å²) >= 11 is 6.33. The van der Waals surface area contributed by atoms with Crippen molar-refractivity contribution in [2.75, 3.05) is 13.1 Å². The van der Waals surface area contributed by atoms with Crippen molar-refractivity contribution in [3.63, 3.8) is 0 Å². The molecular formula is C23H26ClN5O. The van der Waals surface area contributed by atoms with Crippen LogP contribution in [-0.4, -0.2) is 38.7 Å². The first-order chi connectivity index (χ1) is 14.5. The first-order valence-corrected chi connectivity index (χ1v) is 10.6. The van der Waals surface area contributed by atoms with Crippen molar-refractivity contribution in [3.05, 3.63) is 81.9 Å². The molecular weight excluding hydrogens is 398 g/mol. The lowest BCUT2D eigenvalue weighted by molar-refractivity contribution is 0.0937. The molecule has 7 heteroatoms. The number of aryl methyl sites for hydroxylation is 1. The van der Waals surface area contributed by atoms with Gasteiger partial charge in [-0.3, -0.25) is 9.69 Å². The summed E-state index contributed by atoms with van der Waals surface area (Å²) < 4.78 is 2.15. The van der Waals surface area contributed by atoms with E-state index in [1.54, 1.807) is 0 Å². The number of carbonyl (C=O) groups excluding carboxylic acids is 1. The molecule has 0 aliphatic carbocycles. The first kappa shape index (κ1) is 20.6. The largest absolute Gasteiger partial charge is 0.342 e. The van der Waals surface area contributed by atoms with Gasteiger partial charge in [-0.05, 0) is 37.1 Å². The first-order valence-electron chi connectivity index (χ1n) is 10.3. The van der Waals surface area contributed by atoms with Gasteiger partial charge in [0.1, 0.15) is 5.82 Å². The maximum Gasteiger partial charge on any atom is 0.252 e. The number of aromatic nitrogens is 3. The normalized spacial score (nSPS) is 15.3. The minimum absolute atomic E-state index is 0.0908. The Kier molecular flexibility index (Phi) is 6.16. The van der Waals surface area contributed by atoms with Crippen LogP contribution in [0.2, 0.25) is 5.02 Å². The van der Waals surface area contributed by atoms with E-state index in [1.165, 1.54) is 0 Å². The Bertz CT molecular complexity index is 1050. The number of carbonyl (C=O) groups is 1. The summed E-state index contributed by atoms with van der Waals surface area (Å²) in [5.74, 6) is 1.67. The molecule has 0 spiro atoms. The molecule has 1 atom stereocenters. The zero-order valence-corrected chi connectivity index (χ0v) is 18.1. The lowest BCUT2D eigenvalue weighted by Gasteiger charge is -2.21. The Morgan fingerprint density at radius 2 is 1.87 bits per heavy atom. The van der Waals surface area contributed by atoms with Crippen LogP contribution in [0.25, 0.3) is 0 Å². The third-order valence-corrected chi connectivity index (χ3v) is 5.99. The predicted molar refractivity (Wildman–Crippen MR) is 118 cm³/mol. The fraction of sp³-hybridized carbons (Fsp3) is 0.348. The number of amides is 1. The van der Waals surface area contributed by atoms with Crippen molar-refractivity contribution < 1.29 is 4.79 Å². The Morgan fingerprint density at radius 3 is 2.67 bits per heavy atom. The Morgan fingerprint density at radius 1 is 1.10 bits per heavy atom. The van der Waals surface area contributed by atoms with Crippen molar-refractivity contribution >= 4 is 17.5 Å². The molecule has 0 fully saturated rings. The van der Waals surface area contributed by atoms with Crippen LogP contribution in [0, 0.1) is 6.92 Å². The number of halogens is 1. The van der Waals surface area contributed by atoms with E-state index in [0.29, 0.717) is 5.56 Å². The molecule has 6 nitrogen and oxygen atoms in total. The monoisotopic (exact) mass is 423 g/mol. The van der Waals surface area contributed by atoms with Crippen molar-refractivity contribution in [3.8, 4) is 0 Å². The van der Waals surface area contributed by atoms with Gasteiger partial charge in [0.2, 0.25) is 0 Å². The summed E-state index contributed by atoms with van der Waals surface area (Å²) in [4.78, 5) is 15.1. The Hall–Kier alpha value is -2.70. The Labute approximate surface area is 181 Å². The minimum atomic E-state index is -0.228. The number of fused-ring (bicyclic) bond motifs is 1. The molecule has 3 aromatic rings. The third-order valence-electron chi connectivity index (χ3n) is 5.62. The van der Waals surface area contributed by atoms with E-state index < -0.39 is 0 Å². The highest BCUT2D eigenvalue weighted by atomic mass is 35.5. The maximum atomic E-state index is 12.7. The standard InChI is InChI=1S/C23H26ClN5O/c1-16-7-3-5-9-19(16)23(30)25-17(2)22-27-26-21-11-12-28(13-14-29(21)22)15-18-8-4-6-10-20(18)24/h3-10,17H,11-15H2,1-2H3,(H,25,30). The van der Waals surface area contributed by atoms with Gasteiger partial charge in [0.15, 0.2) is 5.82 Å². The number of nitrogens with zero attached hydrogens (tertiary/aromatic N) is 4. The number of hydrogen-bond donors (Lipinski definition) is 1. The van der Waals surface area contributed by atoms with Crippen molar-refractivity contribution in [1.82, 2.24) is 25.0 Å². The van der Waals surface area contributed by atoms with Crippen LogP contribution in [-0.2, 0) is 19.5 Å². The molecule has 0 radical (unpaired) electrons. The number of hydrogen-bond acceptors (Lipinski definition) is 4. The van der Waals surface area contributed by atoms with Crippen LogP contribution in [0.5, 0.6) is 0 Å². The van der Waals surface area contributed by atoms with Crippen LogP contribution < -0.4 is 5.32 Å². The fourth-order valence-electron chi connectivity index (χ4n) is 3.90. The van der Waals surface area contributed by atoms with Gasteiger partial charge >= 0.3 is 0 Å². The zero-order valence-electron chi connectivity index (χ0n) is 17.3. The highest BCUT2D eigenvalue weighted by Crippen LogP contribution is 2.20. The van der Waals surface area contributed by atoms with Gasteiger partial charge in [-0.1, -0.05) is 48.0 Å². The van der Waals surface area contributed by atoms with E-state index in [0.717, 1.165) is 60.4 Å². The summed E-state index contributed by atoms with van der Waals surface area (Å²) in [6, 6.07) is 15.3. The van der Waals surface area contributed by atoms with Gasteiger partial charge in [-0.2, -0.15) is 0 Å². The molecule has 156 valence electrons. The molecule has 0 saturated carbocycles. The van der Waals surface area contributed by atoms with Crippen LogP contribution in [0.4, 0.5) is 0 Å². The van der Waals surface area contributed by atoms with Crippen LogP contribution in [0.15, 0.2) is 48.5 Å². The Balaban J connectivity index is 1.44. The van der Waals surface area contributed by atoms with E-state index in [-0.39, 0.29) is 11.9 Å². The molecule has 1 unspecified atom stereocenters. The van der Waals surface area contributed by atoms with Gasteiger partial charge in [-0.15, -0.1) is 10.2 Å². The van der Waals surface area contributed by atoms with Crippen molar-refractivity contribution in [1.29, 1.82) is 0 Å². The molecule has 1 aliphatic heterocycles. The van der Waals surface area contributed by atoms with Crippen molar-refractivity contribution in [2.45, 2.75) is 39.4 Å². The second kappa shape index (κ2) is 8.98. The van der Waals surface area contributed by atoms with Crippen LogP contribution in [0.1, 0.15) is 46.1 Å². The van der Waals surface area contributed by atoms with Crippen LogP contribution >= 0.6 is 11.6 Å². The quantitative estimate of drug-likeness (QED) is 0.678. The predicted octanol–water partition coefficient (Wildman–Crippen LogP) is 3.79. The molecule has 1 aromatic heterocycles. The summed E-state index contributed by atoms with van der Waals surface area (Å²) in [5, 5.41) is 12.7. The van der Waals surface area contributed by atoms with E-state index in [4.69, 9.17) is 11.6 Å². The lowest BCUT2D eigenvalue weighted by Crippen LogP contribution is -2.30. The average Bonchev–Trinajstić information content (AvgIpc) is 3.04. The molecule has 30 heavy (non-hydrogen) atoms. The second-order valence-electron chi connectivity index (χ2n) is 7.75. The van der Waals surface area contributed by atoms with Gasteiger partial charge in [0, 0.05) is 43.2 Å². The number of nitrogens with one attached hydrogen (secondary N) is 1. The molecule has 2 aromatic carbocycles. The van der Waals surface area contributed by atoms with Gasteiger partial charge in [-0.25, -0.2) is 0 Å². The van der Waals surface area contributed by atoms with E-state index in [2.05, 4.69) is 31.0 Å². The fourth-order valence-corrected chi connectivity index (χ4v) is 4.10. The SMILES string of the molecule is Cc1ccccc1C(=O)NC(C)c1nnc2n1CCN(Cc1ccccc1Cl)CC2. The van der Waals surface area contributed by atoms with Crippen LogP contribution in [0.3, 0.4) is 0 Å². The molecule has 4 rings (SSSR count). The lowest BCUT2D eigenvalue weighted by atomic mass is 10.1. The van der Waals surface area contributed by atoms with E-state index >= 15 is 0 Å². The van der Waals surface area contributed by atoms with Gasteiger partial charge < -0.3 is 9.88 Å². The van der Waals surface area contributed by atoms with E-state index in [1.807, 2.05) is 56.3 Å². The summed E-state index contributed by atoms with van der Waals surface area (Å²) in [7, 11) is 0. The van der Waals surface area contributed by atoms with Gasteiger partial charge in [0.05, 0.1) is 6.04 Å². The molecule has 0 saturated heterocycles. The highest BCUT2D eigenvalue weighted by molar-refractivity contribution is 6.31. The van der Waals surface area contributed by atoms with Crippen molar-refractivity contribution in [2.24, 2.45) is 0 Å². The number of rotatable bonds is 5. The number of benzene rings is 2. The van der Waals surface area contributed by atoms with E-state index in [9.17, 15) is 4.79 Å². The second-order valence-corrected chi connectivity index (χ2v) is 8.16. The zero-order chi connectivity index (χ0) is 21.1. The minimum Gasteiger partial charge on any atom is -0.342 e. The smallest absolute Gasteiger partial charge is 0.252 e. The molecule has 1 N–H and O–H groups in total. The molecule has 1 aliphatic rings. The topological polar surface area (TPSA) is 63.1 Å². The summed E-state index contributed by atoms with van der Waals surface area (Å²) in [6.45, 7) is 7.27. The average molecular weight is 424 g/mol. The molecule has 1 amide bonds. The summed E-state index contributed by atoms with van der Waals surface area (Å²) in [6.07, 6.45) is 0.815. The van der Waals surface area contributed by atoms with Gasteiger partial charge in [0.25, 0.3) is 5.91 Å². The summed E-state index contributed by atoms with van der Waals surface area (Å²) in [5.41, 5.74) is 2.78.